The molecule has 0 saturated carbocycles. The Morgan fingerprint density at radius 1 is 1.25 bits per heavy atom. The third-order valence-corrected chi connectivity index (χ3v) is 4.54. The molecular formula is C17H19N5O2. The number of aromatic nitrogens is 4. The van der Waals surface area contributed by atoms with E-state index in [0.717, 1.165) is 16.6 Å². The number of methoxy groups -OCH3 is 1. The SMILES string of the molecule is CO[C@@H]1CN(C(=O)c2nn(C)c3ccccc23)Cc2ccnn2C1. The van der Waals surface area contributed by atoms with Gasteiger partial charge in [0.25, 0.3) is 5.91 Å². The number of fused-ring (bicyclic) bond motifs is 2. The van der Waals surface area contributed by atoms with Crippen molar-refractivity contribution in [2.75, 3.05) is 13.7 Å². The zero-order valence-corrected chi connectivity index (χ0v) is 13.7. The number of benzene rings is 1. The summed E-state index contributed by atoms with van der Waals surface area (Å²) in [6.45, 7) is 1.67. The largest absolute Gasteiger partial charge is 0.378 e. The minimum Gasteiger partial charge on any atom is -0.378 e. The number of carbonyl (C=O) groups excluding carboxylic acids is 1. The summed E-state index contributed by atoms with van der Waals surface area (Å²) in [5, 5.41) is 9.64. The third-order valence-electron chi connectivity index (χ3n) is 4.54. The molecule has 124 valence electrons. The highest BCUT2D eigenvalue weighted by atomic mass is 16.5. The number of ether oxygens (including phenoxy) is 1. The standard InChI is InChI=1S/C17H19N5O2/c1-20-15-6-4-3-5-14(15)16(19-20)17(23)21-9-12-7-8-18-22(12)11-13(10-21)24-2/h3-8,13H,9-11H2,1-2H3/t13-/m1/s1. The number of aryl methyl sites for hydroxylation is 1. The molecule has 0 fully saturated rings. The van der Waals surface area contributed by atoms with Gasteiger partial charge in [0.05, 0.1) is 30.4 Å². The van der Waals surface area contributed by atoms with Crippen molar-refractivity contribution >= 4 is 16.8 Å². The molecule has 1 aromatic carbocycles. The summed E-state index contributed by atoms with van der Waals surface area (Å²) < 4.78 is 9.18. The molecule has 0 radical (unpaired) electrons. The second kappa shape index (κ2) is 5.76. The lowest BCUT2D eigenvalue weighted by atomic mass is 10.2. The Hall–Kier alpha value is -2.67. The van der Waals surface area contributed by atoms with Crippen LogP contribution in [0.4, 0.5) is 0 Å². The van der Waals surface area contributed by atoms with Gasteiger partial charge < -0.3 is 9.64 Å². The number of hydrogen-bond acceptors (Lipinski definition) is 4. The van der Waals surface area contributed by atoms with E-state index in [1.807, 2.05) is 42.1 Å². The molecule has 0 saturated heterocycles. The Morgan fingerprint density at radius 2 is 2.08 bits per heavy atom. The quantitative estimate of drug-likeness (QED) is 0.715. The van der Waals surface area contributed by atoms with Crippen molar-refractivity contribution in [2.45, 2.75) is 19.2 Å². The molecule has 0 N–H and O–H groups in total. The molecule has 0 aliphatic carbocycles. The number of hydrogen-bond donors (Lipinski definition) is 0. The molecule has 0 spiro atoms. The van der Waals surface area contributed by atoms with Gasteiger partial charge in [0.2, 0.25) is 0 Å². The molecule has 1 aliphatic heterocycles. The molecule has 3 heterocycles. The van der Waals surface area contributed by atoms with Crippen LogP contribution in [-0.4, -0.2) is 50.1 Å². The smallest absolute Gasteiger partial charge is 0.275 e. The molecule has 4 rings (SSSR count). The molecule has 1 amide bonds. The summed E-state index contributed by atoms with van der Waals surface area (Å²) >= 11 is 0. The topological polar surface area (TPSA) is 65.2 Å². The average Bonchev–Trinajstić information content (AvgIpc) is 3.13. The maximum Gasteiger partial charge on any atom is 0.275 e. The van der Waals surface area contributed by atoms with Crippen molar-refractivity contribution in [1.29, 1.82) is 0 Å². The van der Waals surface area contributed by atoms with Crippen LogP contribution < -0.4 is 0 Å². The fourth-order valence-corrected chi connectivity index (χ4v) is 3.24. The molecule has 1 atom stereocenters. The van der Waals surface area contributed by atoms with Gasteiger partial charge in [-0.2, -0.15) is 10.2 Å². The number of para-hydroxylation sites is 1. The van der Waals surface area contributed by atoms with Crippen molar-refractivity contribution in [3.8, 4) is 0 Å². The first-order valence-corrected chi connectivity index (χ1v) is 7.92. The van der Waals surface area contributed by atoms with Gasteiger partial charge in [-0.05, 0) is 12.1 Å². The van der Waals surface area contributed by atoms with E-state index in [9.17, 15) is 4.79 Å². The first-order valence-electron chi connectivity index (χ1n) is 7.92. The lowest BCUT2D eigenvalue weighted by Gasteiger charge is -2.22. The lowest BCUT2D eigenvalue weighted by Crippen LogP contribution is -2.37. The molecule has 3 aromatic rings. The summed E-state index contributed by atoms with van der Waals surface area (Å²) in [5.74, 6) is -0.0801. The van der Waals surface area contributed by atoms with E-state index in [0.29, 0.717) is 25.3 Å². The maximum atomic E-state index is 13.1. The highest BCUT2D eigenvalue weighted by molar-refractivity contribution is 6.04. The van der Waals surface area contributed by atoms with Crippen LogP contribution in [0.5, 0.6) is 0 Å². The molecule has 7 heteroatoms. The van der Waals surface area contributed by atoms with E-state index < -0.39 is 0 Å². The highest BCUT2D eigenvalue weighted by Gasteiger charge is 2.28. The Kier molecular flexibility index (Phi) is 3.57. The van der Waals surface area contributed by atoms with E-state index in [2.05, 4.69) is 10.2 Å². The van der Waals surface area contributed by atoms with Crippen molar-refractivity contribution in [2.24, 2.45) is 7.05 Å². The van der Waals surface area contributed by atoms with Crippen LogP contribution in [0.1, 0.15) is 16.2 Å². The predicted molar refractivity (Wildman–Crippen MR) is 88.5 cm³/mol. The van der Waals surface area contributed by atoms with Crippen LogP contribution >= 0.6 is 0 Å². The van der Waals surface area contributed by atoms with Crippen LogP contribution in [-0.2, 0) is 24.9 Å². The summed E-state index contributed by atoms with van der Waals surface area (Å²) in [4.78, 5) is 14.9. The zero-order valence-electron chi connectivity index (χ0n) is 13.7. The van der Waals surface area contributed by atoms with E-state index in [-0.39, 0.29) is 12.0 Å². The Bertz CT molecular complexity index is 897. The monoisotopic (exact) mass is 325 g/mol. The fourth-order valence-electron chi connectivity index (χ4n) is 3.24. The van der Waals surface area contributed by atoms with Gasteiger partial charge in [-0.1, -0.05) is 18.2 Å². The Morgan fingerprint density at radius 3 is 2.92 bits per heavy atom. The van der Waals surface area contributed by atoms with Crippen molar-refractivity contribution in [3.05, 3.63) is 47.9 Å². The van der Waals surface area contributed by atoms with Gasteiger partial charge in [-0.3, -0.25) is 14.2 Å². The van der Waals surface area contributed by atoms with E-state index in [1.165, 1.54) is 0 Å². The first-order chi connectivity index (χ1) is 11.7. The summed E-state index contributed by atoms with van der Waals surface area (Å²) in [6, 6.07) is 9.72. The number of amides is 1. The van der Waals surface area contributed by atoms with E-state index in [4.69, 9.17) is 4.74 Å². The van der Waals surface area contributed by atoms with Crippen LogP contribution in [0.25, 0.3) is 10.9 Å². The van der Waals surface area contributed by atoms with Crippen molar-refractivity contribution < 1.29 is 9.53 Å². The maximum absolute atomic E-state index is 13.1. The number of nitrogens with zero attached hydrogens (tertiary/aromatic N) is 5. The minimum atomic E-state index is -0.0925. The molecule has 1 aliphatic rings. The van der Waals surface area contributed by atoms with Gasteiger partial charge in [-0.25, -0.2) is 0 Å². The molecule has 0 unspecified atom stereocenters. The zero-order chi connectivity index (χ0) is 16.7. The second-order valence-corrected chi connectivity index (χ2v) is 6.04. The van der Waals surface area contributed by atoms with Crippen LogP contribution in [0.2, 0.25) is 0 Å². The number of carbonyl (C=O) groups is 1. The second-order valence-electron chi connectivity index (χ2n) is 6.04. The van der Waals surface area contributed by atoms with Gasteiger partial charge in [0.15, 0.2) is 5.69 Å². The van der Waals surface area contributed by atoms with Crippen LogP contribution in [0, 0.1) is 0 Å². The normalized spacial score (nSPS) is 17.8. The summed E-state index contributed by atoms with van der Waals surface area (Å²) in [7, 11) is 3.52. The van der Waals surface area contributed by atoms with Gasteiger partial charge in [0, 0.05) is 32.3 Å². The average molecular weight is 325 g/mol. The predicted octanol–water partition coefficient (Wildman–Crippen LogP) is 1.44. The Labute approximate surface area is 139 Å². The van der Waals surface area contributed by atoms with E-state index >= 15 is 0 Å². The molecule has 7 nitrogen and oxygen atoms in total. The molecule has 0 bridgehead atoms. The van der Waals surface area contributed by atoms with Crippen LogP contribution in [0.3, 0.4) is 0 Å². The van der Waals surface area contributed by atoms with Gasteiger partial charge in [-0.15, -0.1) is 0 Å². The number of rotatable bonds is 2. The summed E-state index contributed by atoms with van der Waals surface area (Å²) in [6.07, 6.45) is 1.66. The van der Waals surface area contributed by atoms with Crippen molar-refractivity contribution in [3.63, 3.8) is 0 Å². The molecule has 24 heavy (non-hydrogen) atoms. The fraction of sp³-hybridized carbons (Fsp3) is 0.353. The molecular weight excluding hydrogens is 306 g/mol. The van der Waals surface area contributed by atoms with Gasteiger partial charge in [0.1, 0.15) is 0 Å². The third kappa shape index (κ3) is 2.37. The van der Waals surface area contributed by atoms with E-state index in [1.54, 1.807) is 22.9 Å². The van der Waals surface area contributed by atoms with Crippen molar-refractivity contribution in [1.82, 2.24) is 24.5 Å². The van der Waals surface area contributed by atoms with Gasteiger partial charge >= 0.3 is 0 Å². The van der Waals surface area contributed by atoms with Crippen LogP contribution in [0.15, 0.2) is 36.5 Å². The highest BCUT2D eigenvalue weighted by Crippen LogP contribution is 2.21. The first kappa shape index (κ1) is 14.9. The minimum absolute atomic E-state index is 0.0801. The lowest BCUT2D eigenvalue weighted by molar-refractivity contribution is 0.0447. The molecule has 2 aromatic heterocycles. The Balaban J connectivity index is 1.73. The summed E-state index contributed by atoms with van der Waals surface area (Å²) in [5.41, 5.74) is 2.43.